The maximum absolute atomic E-state index is 11.3. The Labute approximate surface area is 135 Å². The summed E-state index contributed by atoms with van der Waals surface area (Å²) >= 11 is 3.40. The van der Waals surface area contributed by atoms with Crippen molar-refractivity contribution in [2.75, 3.05) is 0 Å². The quantitative estimate of drug-likeness (QED) is 0.671. The lowest BCUT2D eigenvalue weighted by atomic mass is 10.2. The molecule has 0 aliphatic rings. The molecule has 0 N–H and O–H groups in total. The van der Waals surface area contributed by atoms with E-state index in [0.717, 1.165) is 10.0 Å². The summed E-state index contributed by atoms with van der Waals surface area (Å²) in [6.45, 7) is 1.36. The van der Waals surface area contributed by atoms with Crippen molar-refractivity contribution in [2.24, 2.45) is 0 Å². The average Bonchev–Trinajstić information content (AvgIpc) is 2.92. The van der Waals surface area contributed by atoms with Gasteiger partial charge in [-0.05, 0) is 24.3 Å². The van der Waals surface area contributed by atoms with Crippen molar-refractivity contribution >= 4 is 21.9 Å². The molecule has 3 rings (SSSR count). The van der Waals surface area contributed by atoms with Gasteiger partial charge in [-0.2, -0.15) is 9.78 Å². The van der Waals surface area contributed by atoms with Crippen molar-refractivity contribution < 1.29 is 9.53 Å². The minimum atomic E-state index is -0.403. The van der Waals surface area contributed by atoms with Crippen LogP contribution in [0.15, 0.2) is 59.2 Å². The van der Waals surface area contributed by atoms with Crippen molar-refractivity contribution in [1.82, 2.24) is 14.8 Å². The molecule has 3 aromatic rings. The van der Waals surface area contributed by atoms with Gasteiger partial charge in [0.2, 0.25) is 5.88 Å². The van der Waals surface area contributed by atoms with Crippen LogP contribution < -0.4 is 4.74 Å². The highest BCUT2D eigenvalue weighted by Crippen LogP contribution is 2.26. The lowest BCUT2D eigenvalue weighted by Crippen LogP contribution is -2.08. The van der Waals surface area contributed by atoms with E-state index in [2.05, 4.69) is 26.0 Å². The normalized spacial score (nSPS) is 10.5. The lowest BCUT2D eigenvalue weighted by Gasteiger charge is -2.04. The Morgan fingerprint density at radius 2 is 1.95 bits per heavy atom. The Morgan fingerprint density at radius 3 is 2.59 bits per heavy atom. The molecule has 0 bridgehead atoms. The predicted octanol–water partition coefficient (Wildman–Crippen LogP) is 3.62. The standard InChI is InChI=1S/C16H12BrN3O2/c1-11(21)22-16-10-14(12-5-7-13(17)8-6-12)19-20(16)15-4-2-3-9-18-15/h2-10H,1H3. The van der Waals surface area contributed by atoms with E-state index >= 15 is 0 Å². The highest BCUT2D eigenvalue weighted by atomic mass is 79.9. The smallest absolute Gasteiger partial charge is 0.309 e. The Morgan fingerprint density at radius 1 is 1.18 bits per heavy atom. The summed E-state index contributed by atoms with van der Waals surface area (Å²) in [6, 6.07) is 14.9. The largest absolute Gasteiger partial charge is 0.407 e. The van der Waals surface area contributed by atoms with E-state index < -0.39 is 5.97 Å². The molecule has 1 aromatic carbocycles. The van der Waals surface area contributed by atoms with E-state index in [0.29, 0.717) is 17.4 Å². The Bertz CT molecular complexity index is 798. The first-order valence-corrected chi connectivity index (χ1v) is 7.38. The Balaban J connectivity index is 2.08. The van der Waals surface area contributed by atoms with Crippen molar-refractivity contribution in [3.8, 4) is 23.0 Å². The van der Waals surface area contributed by atoms with Gasteiger partial charge in [0.1, 0.15) is 0 Å². The summed E-state index contributed by atoms with van der Waals surface area (Å²) in [5, 5.41) is 4.50. The third-order valence-electron chi connectivity index (χ3n) is 2.93. The second-order valence-electron chi connectivity index (χ2n) is 4.57. The molecule has 22 heavy (non-hydrogen) atoms. The summed E-state index contributed by atoms with van der Waals surface area (Å²) in [5.41, 5.74) is 1.63. The third-order valence-corrected chi connectivity index (χ3v) is 3.46. The minimum Gasteiger partial charge on any atom is -0.407 e. The molecule has 0 radical (unpaired) electrons. The van der Waals surface area contributed by atoms with Crippen LogP contribution in [0.5, 0.6) is 5.88 Å². The summed E-state index contributed by atoms with van der Waals surface area (Å²) in [5.74, 6) is 0.519. The zero-order chi connectivity index (χ0) is 15.5. The first kappa shape index (κ1) is 14.5. The fourth-order valence-corrected chi connectivity index (χ4v) is 2.25. The van der Waals surface area contributed by atoms with Gasteiger partial charge in [0.15, 0.2) is 5.82 Å². The van der Waals surface area contributed by atoms with E-state index in [9.17, 15) is 4.79 Å². The molecular weight excluding hydrogens is 346 g/mol. The molecule has 0 saturated carbocycles. The number of aromatic nitrogens is 3. The molecule has 0 atom stereocenters. The summed E-state index contributed by atoms with van der Waals surface area (Å²) < 4.78 is 7.74. The molecule has 0 amide bonds. The van der Waals surface area contributed by atoms with Crippen molar-refractivity contribution in [3.05, 3.63) is 59.2 Å². The number of carbonyl (C=O) groups is 1. The monoisotopic (exact) mass is 357 g/mol. The van der Waals surface area contributed by atoms with E-state index in [4.69, 9.17) is 4.74 Å². The summed E-state index contributed by atoms with van der Waals surface area (Å²) in [6.07, 6.45) is 1.66. The van der Waals surface area contributed by atoms with Gasteiger partial charge in [0.05, 0.1) is 5.69 Å². The molecule has 0 unspecified atom stereocenters. The predicted molar refractivity (Wildman–Crippen MR) is 85.8 cm³/mol. The van der Waals surface area contributed by atoms with Gasteiger partial charge in [-0.15, -0.1) is 0 Å². The van der Waals surface area contributed by atoms with Gasteiger partial charge < -0.3 is 4.74 Å². The van der Waals surface area contributed by atoms with Crippen LogP contribution in [0.25, 0.3) is 17.1 Å². The first-order valence-electron chi connectivity index (χ1n) is 6.59. The van der Waals surface area contributed by atoms with Gasteiger partial charge in [-0.3, -0.25) is 4.79 Å². The van der Waals surface area contributed by atoms with Crippen molar-refractivity contribution in [3.63, 3.8) is 0 Å². The van der Waals surface area contributed by atoms with Crippen molar-refractivity contribution in [2.45, 2.75) is 6.92 Å². The second kappa shape index (κ2) is 6.11. The number of esters is 1. The van der Waals surface area contributed by atoms with Gasteiger partial charge >= 0.3 is 5.97 Å². The SMILES string of the molecule is CC(=O)Oc1cc(-c2ccc(Br)cc2)nn1-c1ccccn1. The topological polar surface area (TPSA) is 57.0 Å². The Hall–Kier alpha value is -2.47. The maximum Gasteiger partial charge on any atom is 0.309 e. The zero-order valence-corrected chi connectivity index (χ0v) is 13.3. The number of ether oxygens (including phenoxy) is 1. The van der Waals surface area contributed by atoms with Gasteiger partial charge in [-0.25, -0.2) is 4.98 Å². The van der Waals surface area contributed by atoms with E-state index in [1.54, 1.807) is 18.3 Å². The average molecular weight is 358 g/mol. The van der Waals surface area contributed by atoms with Crippen LogP contribution in [0.3, 0.4) is 0 Å². The molecule has 0 aliphatic carbocycles. The van der Waals surface area contributed by atoms with Crippen LogP contribution >= 0.6 is 15.9 Å². The van der Waals surface area contributed by atoms with Gasteiger partial charge in [0, 0.05) is 29.2 Å². The molecule has 2 aromatic heterocycles. The summed E-state index contributed by atoms with van der Waals surface area (Å²) in [4.78, 5) is 15.5. The van der Waals surface area contributed by atoms with E-state index in [-0.39, 0.29) is 0 Å². The van der Waals surface area contributed by atoms with Crippen LogP contribution in [0.4, 0.5) is 0 Å². The molecule has 0 spiro atoms. The van der Waals surface area contributed by atoms with E-state index in [1.165, 1.54) is 11.6 Å². The molecule has 0 saturated heterocycles. The maximum atomic E-state index is 11.3. The molecule has 2 heterocycles. The lowest BCUT2D eigenvalue weighted by molar-refractivity contribution is -0.132. The molecule has 6 heteroatoms. The second-order valence-corrected chi connectivity index (χ2v) is 5.48. The Kier molecular flexibility index (Phi) is 4.02. The number of hydrogen-bond donors (Lipinski definition) is 0. The number of nitrogens with zero attached hydrogens (tertiary/aromatic N) is 3. The van der Waals surface area contributed by atoms with Crippen LogP contribution in [0.1, 0.15) is 6.92 Å². The molecule has 5 nitrogen and oxygen atoms in total. The number of rotatable bonds is 3. The van der Waals surface area contributed by atoms with Crippen LogP contribution in [-0.2, 0) is 4.79 Å². The molecule has 0 fully saturated rings. The zero-order valence-electron chi connectivity index (χ0n) is 11.7. The number of pyridine rings is 1. The van der Waals surface area contributed by atoms with E-state index in [1.807, 2.05) is 36.4 Å². The molecule has 0 aliphatic heterocycles. The number of carbonyl (C=O) groups excluding carboxylic acids is 1. The van der Waals surface area contributed by atoms with Gasteiger partial charge in [-0.1, -0.05) is 34.1 Å². The van der Waals surface area contributed by atoms with Crippen LogP contribution in [-0.4, -0.2) is 20.7 Å². The molecular formula is C16H12BrN3O2. The number of hydrogen-bond acceptors (Lipinski definition) is 4. The van der Waals surface area contributed by atoms with Gasteiger partial charge in [0.25, 0.3) is 0 Å². The van der Waals surface area contributed by atoms with Crippen LogP contribution in [0, 0.1) is 0 Å². The minimum absolute atomic E-state index is 0.337. The number of halogens is 1. The molecule has 110 valence electrons. The highest BCUT2D eigenvalue weighted by molar-refractivity contribution is 9.10. The van der Waals surface area contributed by atoms with Crippen LogP contribution in [0.2, 0.25) is 0 Å². The highest BCUT2D eigenvalue weighted by Gasteiger charge is 2.14. The van der Waals surface area contributed by atoms with Crippen molar-refractivity contribution in [1.29, 1.82) is 0 Å². The third kappa shape index (κ3) is 3.07. The fourth-order valence-electron chi connectivity index (χ4n) is 1.99. The fraction of sp³-hybridized carbons (Fsp3) is 0.0625. The number of benzene rings is 1. The summed E-state index contributed by atoms with van der Waals surface area (Å²) in [7, 11) is 0. The first-order chi connectivity index (χ1) is 10.6.